The van der Waals surface area contributed by atoms with E-state index in [0.717, 1.165) is 109 Å². The van der Waals surface area contributed by atoms with Crippen molar-refractivity contribution in [2.24, 2.45) is 0 Å². The quantitative estimate of drug-likeness (QED) is 0.0261. The third kappa shape index (κ3) is 61.2. The Labute approximate surface area is 470 Å². The SMILES string of the molecule is CC/C=C\C/C=C\C/C=C\C/C=C\C/C=C\CCCCCCCCCCCCCCCC(=O)OCC(COC(=O)CCCCCCC/C=C\CCCC)OC(=O)CCCCCCCCC/C=C\C/C=C\CCCCCC. The van der Waals surface area contributed by atoms with Crippen LogP contribution in [0.3, 0.4) is 0 Å². The lowest BCUT2D eigenvalue weighted by atomic mass is 10.0. The van der Waals surface area contributed by atoms with Crippen LogP contribution < -0.4 is 0 Å². The number of hydrogen-bond donors (Lipinski definition) is 0. The van der Waals surface area contributed by atoms with Gasteiger partial charge in [-0.1, -0.05) is 272 Å². The van der Waals surface area contributed by atoms with Gasteiger partial charge in [0.2, 0.25) is 0 Å². The van der Waals surface area contributed by atoms with Gasteiger partial charge in [-0.3, -0.25) is 14.4 Å². The standard InChI is InChI=1S/C70H120O6/c1-4-7-10-13-16-19-22-24-26-28-30-31-32-33-34-35-36-37-38-39-40-42-43-45-48-51-54-57-60-63-69(72)75-66-67(65-74-68(71)62-59-56-53-50-47-21-18-15-12-9-6-3)76-70(73)64-61-58-55-52-49-46-44-41-29-27-25-23-20-17-14-11-8-5-2/h7,10,15-16,18-20,23-24,26-27,29-31,33-34,67H,4-6,8-9,11-14,17,21-22,25,28,32,35-66H2,1-3H3/b10-7-,18-15-,19-16-,23-20-,26-24-,29-27-,31-30-,34-33-. The highest BCUT2D eigenvalue weighted by atomic mass is 16.6. The Morgan fingerprint density at radius 1 is 0.276 bits per heavy atom. The predicted octanol–water partition coefficient (Wildman–Crippen LogP) is 22.0. The minimum atomic E-state index is -0.786. The normalized spacial score (nSPS) is 12.7. The first-order chi connectivity index (χ1) is 37.5. The molecule has 0 rings (SSSR count). The van der Waals surface area contributed by atoms with Crippen molar-refractivity contribution in [2.45, 2.75) is 316 Å². The summed E-state index contributed by atoms with van der Waals surface area (Å²) in [7, 11) is 0. The van der Waals surface area contributed by atoms with Crippen molar-refractivity contribution in [3.05, 3.63) is 97.2 Å². The van der Waals surface area contributed by atoms with Gasteiger partial charge in [0.25, 0.3) is 0 Å². The first-order valence-electron chi connectivity index (χ1n) is 32.2. The van der Waals surface area contributed by atoms with E-state index in [1.54, 1.807) is 0 Å². The highest BCUT2D eigenvalue weighted by Gasteiger charge is 2.19. The molecule has 0 bridgehead atoms. The molecule has 0 radical (unpaired) electrons. The second-order valence-corrected chi connectivity index (χ2v) is 21.3. The number of esters is 3. The van der Waals surface area contributed by atoms with Crippen LogP contribution in [-0.4, -0.2) is 37.2 Å². The Balaban J connectivity index is 4.23. The summed E-state index contributed by atoms with van der Waals surface area (Å²) in [6.45, 7) is 6.48. The fraction of sp³-hybridized carbons (Fsp3) is 0.729. The van der Waals surface area contributed by atoms with Crippen molar-refractivity contribution in [2.75, 3.05) is 13.2 Å². The van der Waals surface area contributed by atoms with E-state index in [9.17, 15) is 14.4 Å². The van der Waals surface area contributed by atoms with Gasteiger partial charge in [0.15, 0.2) is 6.10 Å². The van der Waals surface area contributed by atoms with Crippen LogP contribution in [0.1, 0.15) is 310 Å². The molecule has 0 aromatic heterocycles. The molecule has 0 N–H and O–H groups in total. The van der Waals surface area contributed by atoms with Crippen LogP contribution in [0, 0.1) is 0 Å². The summed E-state index contributed by atoms with van der Waals surface area (Å²) in [5.74, 6) is -0.892. The van der Waals surface area contributed by atoms with Gasteiger partial charge in [-0.25, -0.2) is 0 Å². The summed E-state index contributed by atoms with van der Waals surface area (Å²) < 4.78 is 16.9. The smallest absolute Gasteiger partial charge is 0.306 e. The zero-order valence-electron chi connectivity index (χ0n) is 50.0. The summed E-state index contributed by atoms with van der Waals surface area (Å²) in [5.41, 5.74) is 0. The molecule has 0 aromatic carbocycles. The molecule has 0 saturated heterocycles. The van der Waals surface area contributed by atoms with E-state index in [0.29, 0.717) is 19.3 Å². The lowest BCUT2D eigenvalue weighted by Crippen LogP contribution is -2.30. The average molecular weight is 1060 g/mol. The summed E-state index contributed by atoms with van der Waals surface area (Å²) >= 11 is 0. The second kappa shape index (κ2) is 63.9. The lowest BCUT2D eigenvalue weighted by Gasteiger charge is -2.18. The van der Waals surface area contributed by atoms with E-state index in [1.165, 1.54) is 161 Å². The topological polar surface area (TPSA) is 78.9 Å². The number of allylic oxidation sites excluding steroid dienone is 16. The molecule has 0 spiro atoms. The van der Waals surface area contributed by atoms with Gasteiger partial charge >= 0.3 is 17.9 Å². The van der Waals surface area contributed by atoms with Crippen molar-refractivity contribution in [3.63, 3.8) is 0 Å². The molecule has 0 aliphatic heterocycles. The molecule has 436 valence electrons. The van der Waals surface area contributed by atoms with Gasteiger partial charge in [-0.15, -0.1) is 0 Å². The van der Waals surface area contributed by atoms with Crippen molar-refractivity contribution >= 4 is 17.9 Å². The summed E-state index contributed by atoms with van der Waals surface area (Å²) in [5, 5.41) is 0. The molecule has 6 nitrogen and oxygen atoms in total. The highest BCUT2D eigenvalue weighted by Crippen LogP contribution is 2.16. The van der Waals surface area contributed by atoms with Crippen molar-refractivity contribution < 1.29 is 28.6 Å². The van der Waals surface area contributed by atoms with Crippen molar-refractivity contribution in [1.82, 2.24) is 0 Å². The van der Waals surface area contributed by atoms with Crippen LogP contribution in [0.15, 0.2) is 97.2 Å². The van der Waals surface area contributed by atoms with E-state index in [2.05, 4.69) is 118 Å². The minimum Gasteiger partial charge on any atom is -0.462 e. The molecule has 6 heteroatoms. The minimum absolute atomic E-state index is 0.0825. The van der Waals surface area contributed by atoms with Gasteiger partial charge in [0.1, 0.15) is 13.2 Å². The summed E-state index contributed by atoms with van der Waals surface area (Å²) in [4.78, 5) is 38.2. The Morgan fingerprint density at radius 2 is 0.526 bits per heavy atom. The number of unbranched alkanes of at least 4 members (excludes halogenated alkanes) is 31. The fourth-order valence-electron chi connectivity index (χ4n) is 8.95. The van der Waals surface area contributed by atoms with Gasteiger partial charge in [-0.05, 0) is 116 Å². The van der Waals surface area contributed by atoms with Gasteiger partial charge in [0, 0.05) is 19.3 Å². The second-order valence-electron chi connectivity index (χ2n) is 21.3. The number of rotatable bonds is 58. The van der Waals surface area contributed by atoms with E-state index < -0.39 is 6.10 Å². The van der Waals surface area contributed by atoms with Crippen LogP contribution in [0.25, 0.3) is 0 Å². The lowest BCUT2D eigenvalue weighted by molar-refractivity contribution is -0.167. The molecular weight excluding hydrogens is 937 g/mol. The zero-order chi connectivity index (χ0) is 55.0. The zero-order valence-corrected chi connectivity index (χ0v) is 50.0. The van der Waals surface area contributed by atoms with Crippen LogP contribution in [-0.2, 0) is 28.6 Å². The van der Waals surface area contributed by atoms with Crippen LogP contribution >= 0.6 is 0 Å². The fourth-order valence-corrected chi connectivity index (χ4v) is 8.95. The molecule has 76 heavy (non-hydrogen) atoms. The van der Waals surface area contributed by atoms with E-state index in [1.807, 2.05) is 0 Å². The molecule has 0 aliphatic carbocycles. The Morgan fingerprint density at radius 3 is 0.855 bits per heavy atom. The molecular formula is C70H120O6. The van der Waals surface area contributed by atoms with Crippen molar-refractivity contribution in [1.29, 1.82) is 0 Å². The number of carbonyl (C=O) groups excluding carboxylic acids is 3. The average Bonchev–Trinajstić information content (AvgIpc) is 3.42. The monoisotopic (exact) mass is 1060 g/mol. The molecule has 0 heterocycles. The molecule has 0 saturated carbocycles. The largest absolute Gasteiger partial charge is 0.462 e. The van der Waals surface area contributed by atoms with E-state index >= 15 is 0 Å². The van der Waals surface area contributed by atoms with Crippen LogP contribution in [0.2, 0.25) is 0 Å². The van der Waals surface area contributed by atoms with E-state index in [-0.39, 0.29) is 31.1 Å². The third-order valence-electron chi connectivity index (χ3n) is 13.8. The number of hydrogen-bond acceptors (Lipinski definition) is 6. The van der Waals surface area contributed by atoms with Gasteiger partial charge in [0.05, 0.1) is 0 Å². The molecule has 0 amide bonds. The molecule has 0 aliphatic rings. The van der Waals surface area contributed by atoms with E-state index in [4.69, 9.17) is 14.2 Å². The highest BCUT2D eigenvalue weighted by molar-refractivity contribution is 5.71. The summed E-state index contributed by atoms with van der Waals surface area (Å²) in [6, 6.07) is 0. The molecule has 1 unspecified atom stereocenters. The molecule has 0 aromatic rings. The first kappa shape index (κ1) is 72.3. The molecule has 1 atom stereocenters. The first-order valence-corrected chi connectivity index (χ1v) is 32.2. The number of ether oxygens (including phenoxy) is 3. The molecule has 0 fully saturated rings. The van der Waals surface area contributed by atoms with Gasteiger partial charge < -0.3 is 14.2 Å². The van der Waals surface area contributed by atoms with Gasteiger partial charge in [-0.2, -0.15) is 0 Å². The van der Waals surface area contributed by atoms with Crippen LogP contribution in [0.4, 0.5) is 0 Å². The summed E-state index contributed by atoms with van der Waals surface area (Å²) in [6.07, 6.45) is 85.6. The maximum Gasteiger partial charge on any atom is 0.306 e. The van der Waals surface area contributed by atoms with Crippen molar-refractivity contribution in [3.8, 4) is 0 Å². The Kier molecular flexibility index (Phi) is 60.8. The maximum atomic E-state index is 12.9. The van der Waals surface area contributed by atoms with Crippen LogP contribution in [0.5, 0.6) is 0 Å². The third-order valence-corrected chi connectivity index (χ3v) is 13.8. The maximum absolute atomic E-state index is 12.9. The Bertz CT molecular complexity index is 1490. The number of carbonyl (C=O) groups is 3. The predicted molar refractivity (Wildman–Crippen MR) is 330 cm³/mol. The Hall–Kier alpha value is -3.67.